The molecule has 0 radical (unpaired) electrons. The number of carbonyl (C=O) groups is 1. The molecule has 1 heterocycles. The van der Waals surface area contributed by atoms with Gasteiger partial charge in [-0.3, -0.25) is 4.79 Å². The van der Waals surface area contributed by atoms with Crippen LogP contribution in [0.15, 0.2) is 58.2 Å². The number of para-hydroxylation sites is 1. The Morgan fingerprint density at radius 2 is 1.93 bits per heavy atom. The SMILES string of the molecule is CCn1c(COc2ccccc2C)nnc1SCC(=O)Nc1ccc(Br)cc1. The molecule has 6 nitrogen and oxygen atoms in total. The third kappa shape index (κ3) is 5.36. The zero-order chi connectivity index (χ0) is 19.9. The topological polar surface area (TPSA) is 69.0 Å². The Morgan fingerprint density at radius 1 is 1.18 bits per heavy atom. The Hall–Kier alpha value is -2.32. The first-order valence-electron chi connectivity index (χ1n) is 8.85. The molecule has 1 N–H and O–H groups in total. The molecule has 1 aromatic heterocycles. The second-order valence-electron chi connectivity index (χ2n) is 6.04. The standard InChI is InChI=1S/C20H21BrN4O2S/c1-3-25-18(12-27-17-7-5-4-6-14(17)2)23-24-20(25)28-13-19(26)22-16-10-8-15(21)9-11-16/h4-11H,3,12-13H2,1-2H3,(H,22,26). The fraction of sp³-hybridized carbons (Fsp3) is 0.250. The zero-order valence-electron chi connectivity index (χ0n) is 15.7. The smallest absolute Gasteiger partial charge is 0.234 e. The van der Waals surface area contributed by atoms with Crippen molar-refractivity contribution in [3.63, 3.8) is 0 Å². The number of aromatic nitrogens is 3. The summed E-state index contributed by atoms with van der Waals surface area (Å²) in [7, 11) is 0. The van der Waals surface area contributed by atoms with Gasteiger partial charge in [0.15, 0.2) is 11.0 Å². The van der Waals surface area contributed by atoms with E-state index < -0.39 is 0 Å². The Morgan fingerprint density at radius 3 is 2.64 bits per heavy atom. The number of anilines is 1. The predicted octanol–water partition coefficient (Wildman–Crippen LogP) is 4.68. The third-order valence-electron chi connectivity index (χ3n) is 4.02. The fourth-order valence-corrected chi connectivity index (χ4v) is 3.66. The molecule has 0 atom stereocenters. The molecule has 146 valence electrons. The van der Waals surface area contributed by atoms with Gasteiger partial charge in [0.05, 0.1) is 5.75 Å². The summed E-state index contributed by atoms with van der Waals surface area (Å²) >= 11 is 4.74. The first kappa shape index (κ1) is 20.4. The number of halogens is 1. The highest BCUT2D eigenvalue weighted by Crippen LogP contribution is 2.21. The van der Waals surface area contributed by atoms with Gasteiger partial charge in [-0.05, 0) is 49.7 Å². The van der Waals surface area contributed by atoms with E-state index in [1.54, 1.807) is 0 Å². The minimum Gasteiger partial charge on any atom is -0.485 e. The monoisotopic (exact) mass is 460 g/mol. The summed E-state index contributed by atoms with van der Waals surface area (Å²) in [5, 5.41) is 12.0. The molecule has 2 aromatic carbocycles. The molecule has 0 bridgehead atoms. The van der Waals surface area contributed by atoms with Crippen molar-refractivity contribution in [2.75, 3.05) is 11.1 Å². The van der Waals surface area contributed by atoms with Crippen LogP contribution in [0.3, 0.4) is 0 Å². The number of aryl methyl sites for hydroxylation is 1. The molecule has 0 unspecified atom stereocenters. The van der Waals surface area contributed by atoms with E-state index in [0.29, 0.717) is 18.3 Å². The number of nitrogens with zero attached hydrogens (tertiary/aromatic N) is 3. The number of carbonyl (C=O) groups excluding carboxylic acids is 1. The summed E-state index contributed by atoms with van der Waals surface area (Å²) in [6, 6.07) is 15.3. The maximum absolute atomic E-state index is 12.2. The molecule has 0 aliphatic carbocycles. The van der Waals surface area contributed by atoms with Crippen molar-refractivity contribution in [2.45, 2.75) is 32.2 Å². The van der Waals surface area contributed by atoms with Crippen molar-refractivity contribution < 1.29 is 9.53 Å². The van der Waals surface area contributed by atoms with Crippen molar-refractivity contribution in [3.8, 4) is 5.75 Å². The Kier molecular flexibility index (Phi) is 7.11. The van der Waals surface area contributed by atoms with Gasteiger partial charge in [0.2, 0.25) is 5.91 Å². The maximum atomic E-state index is 12.2. The molecule has 8 heteroatoms. The molecule has 0 saturated heterocycles. The van der Waals surface area contributed by atoms with Crippen molar-refractivity contribution in [3.05, 3.63) is 64.4 Å². The largest absolute Gasteiger partial charge is 0.485 e. The summed E-state index contributed by atoms with van der Waals surface area (Å²) in [5.74, 6) is 1.74. The van der Waals surface area contributed by atoms with Crippen LogP contribution >= 0.6 is 27.7 Å². The van der Waals surface area contributed by atoms with Crippen LogP contribution in [0.2, 0.25) is 0 Å². The number of ether oxygens (including phenoxy) is 1. The molecular weight excluding hydrogens is 440 g/mol. The van der Waals surface area contributed by atoms with Crippen molar-refractivity contribution >= 4 is 39.3 Å². The second kappa shape index (κ2) is 9.75. The highest BCUT2D eigenvalue weighted by Gasteiger charge is 2.14. The van der Waals surface area contributed by atoms with Gasteiger partial charge in [-0.25, -0.2) is 0 Å². The summed E-state index contributed by atoms with van der Waals surface area (Å²) in [4.78, 5) is 12.2. The van der Waals surface area contributed by atoms with Crippen molar-refractivity contribution in [1.82, 2.24) is 14.8 Å². The average Bonchev–Trinajstić information content (AvgIpc) is 3.09. The lowest BCUT2D eigenvalue weighted by Crippen LogP contribution is -2.14. The molecule has 0 saturated carbocycles. The van der Waals surface area contributed by atoms with Gasteiger partial charge in [-0.1, -0.05) is 45.9 Å². The van der Waals surface area contributed by atoms with Crippen LogP contribution in [0.5, 0.6) is 5.75 Å². The maximum Gasteiger partial charge on any atom is 0.234 e. The van der Waals surface area contributed by atoms with Crippen LogP contribution in [0, 0.1) is 6.92 Å². The predicted molar refractivity (Wildman–Crippen MR) is 115 cm³/mol. The van der Waals surface area contributed by atoms with E-state index in [1.165, 1.54) is 11.8 Å². The van der Waals surface area contributed by atoms with Crippen LogP contribution in [0.25, 0.3) is 0 Å². The van der Waals surface area contributed by atoms with Crippen molar-refractivity contribution in [2.24, 2.45) is 0 Å². The van der Waals surface area contributed by atoms with E-state index in [2.05, 4.69) is 31.4 Å². The number of amides is 1. The van der Waals surface area contributed by atoms with E-state index in [1.807, 2.05) is 66.9 Å². The molecule has 0 aliphatic rings. The normalized spacial score (nSPS) is 10.7. The van der Waals surface area contributed by atoms with E-state index in [0.717, 1.165) is 27.3 Å². The first-order valence-corrected chi connectivity index (χ1v) is 10.6. The molecule has 0 spiro atoms. The van der Waals surface area contributed by atoms with Crippen LogP contribution in [0.4, 0.5) is 5.69 Å². The van der Waals surface area contributed by atoms with Gasteiger partial charge in [-0.15, -0.1) is 10.2 Å². The number of nitrogens with one attached hydrogen (secondary N) is 1. The van der Waals surface area contributed by atoms with Gasteiger partial charge in [0.1, 0.15) is 12.4 Å². The molecule has 0 fully saturated rings. The summed E-state index contributed by atoms with van der Waals surface area (Å²) in [6.07, 6.45) is 0. The summed E-state index contributed by atoms with van der Waals surface area (Å²) in [6.45, 7) is 5.06. The van der Waals surface area contributed by atoms with Crippen molar-refractivity contribution in [1.29, 1.82) is 0 Å². The Labute approximate surface area is 176 Å². The number of thioether (sulfide) groups is 1. The van der Waals surface area contributed by atoms with E-state index >= 15 is 0 Å². The molecule has 3 aromatic rings. The number of hydrogen-bond acceptors (Lipinski definition) is 5. The highest BCUT2D eigenvalue weighted by molar-refractivity contribution is 9.10. The van der Waals surface area contributed by atoms with Gasteiger partial charge in [-0.2, -0.15) is 0 Å². The van der Waals surface area contributed by atoms with Crippen LogP contribution in [-0.2, 0) is 17.9 Å². The minimum absolute atomic E-state index is 0.0873. The first-order chi connectivity index (χ1) is 13.6. The van der Waals surface area contributed by atoms with Crippen LogP contribution < -0.4 is 10.1 Å². The number of benzene rings is 2. The lowest BCUT2D eigenvalue weighted by molar-refractivity contribution is -0.113. The number of rotatable bonds is 8. The number of hydrogen-bond donors (Lipinski definition) is 1. The Balaban J connectivity index is 1.58. The van der Waals surface area contributed by atoms with Gasteiger partial charge >= 0.3 is 0 Å². The molecule has 3 rings (SSSR count). The van der Waals surface area contributed by atoms with Gasteiger partial charge in [0, 0.05) is 16.7 Å². The lowest BCUT2D eigenvalue weighted by Gasteiger charge is -2.10. The molecule has 1 amide bonds. The van der Waals surface area contributed by atoms with E-state index in [-0.39, 0.29) is 11.7 Å². The average molecular weight is 461 g/mol. The Bertz CT molecular complexity index is 944. The lowest BCUT2D eigenvalue weighted by atomic mass is 10.2. The van der Waals surface area contributed by atoms with Crippen LogP contribution in [0.1, 0.15) is 18.3 Å². The van der Waals surface area contributed by atoms with E-state index in [9.17, 15) is 4.79 Å². The molecule has 28 heavy (non-hydrogen) atoms. The molecule has 0 aliphatic heterocycles. The summed E-state index contributed by atoms with van der Waals surface area (Å²) in [5.41, 5.74) is 1.84. The fourth-order valence-electron chi connectivity index (χ4n) is 2.57. The quantitative estimate of drug-likeness (QED) is 0.494. The minimum atomic E-state index is -0.0873. The van der Waals surface area contributed by atoms with Crippen LogP contribution in [-0.4, -0.2) is 26.4 Å². The van der Waals surface area contributed by atoms with E-state index in [4.69, 9.17) is 4.74 Å². The third-order valence-corrected chi connectivity index (χ3v) is 5.52. The highest BCUT2D eigenvalue weighted by atomic mass is 79.9. The summed E-state index contributed by atoms with van der Waals surface area (Å²) < 4.78 is 8.81. The molecular formula is C20H21BrN4O2S. The second-order valence-corrected chi connectivity index (χ2v) is 7.90. The zero-order valence-corrected chi connectivity index (χ0v) is 18.1. The van der Waals surface area contributed by atoms with Gasteiger partial charge in [0.25, 0.3) is 0 Å². The van der Waals surface area contributed by atoms with Gasteiger partial charge < -0.3 is 14.6 Å².